The molecular weight excluding hydrogens is 307 g/mol. The van der Waals surface area contributed by atoms with Gasteiger partial charge in [-0.25, -0.2) is 15.0 Å². The second-order valence-electron chi connectivity index (χ2n) is 6.58. The molecule has 1 aromatic heterocycles. The van der Waals surface area contributed by atoms with Crippen molar-refractivity contribution in [3.8, 4) is 0 Å². The molecule has 1 saturated carbocycles. The zero-order valence-electron chi connectivity index (χ0n) is 13.8. The molecule has 5 nitrogen and oxygen atoms in total. The van der Waals surface area contributed by atoms with Gasteiger partial charge in [0.05, 0.1) is 5.52 Å². The minimum atomic E-state index is -0.347. The number of hydrogen-bond acceptors (Lipinski definition) is 3. The largest absolute Gasteiger partial charge is 0.334 e. The summed E-state index contributed by atoms with van der Waals surface area (Å²) in [5.41, 5.74) is 4.12. The number of fused-ring (bicyclic) bond motifs is 1. The third-order valence-electron chi connectivity index (χ3n) is 5.15. The maximum atomic E-state index is 13.6. The summed E-state index contributed by atoms with van der Waals surface area (Å²) in [6.45, 7) is 2.01. The molecule has 24 heavy (non-hydrogen) atoms. The van der Waals surface area contributed by atoms with E-state index in [1.807, 2.05) is 13.0 Å². The Balaban J connectivity index is 1.71. The van der Waals surface area contributed by atoms with Gasteiger partial charge in [-0.15, -0.1) is 0 Å². The minimum absolute atomic E-state index is 0.0844. The van der Waals surface area contributed by atoms with E-state index in [-0.39, 0.29) is 17.9 Å². The van der Waals surface area contributed by atoms with Crippen LogP contribution in [0.4, 0.5) is 9.18 Å². The van der Waals surface area contributed by atoms with Gasteiger partial charge in [-0.3, -0.25) is 10.4 Å². The Hall–Kier alpha value is -2.21. The van der Waals surface area contributed by atoms with Crippen molar-refractivity contribution in [1.82, 2.24) is 15.7 Å². The lowest BCUT2D eigenvalue weighted by Crippen LogP contribution is -2.47. The number of carbonyl (C=O) groups is 1. The van der Waals surface area contributed by atoms with Gasteiger partial charge in [0.25, 0.3) is 0 Å². The van der Waals surface area contributed by atoms with Crippen molar-refractivity contribution in [1.29, 1.82) is 0 Å². The summed E-state index contributed by atoms with van der Waals surface area (Å²) in [6, 6.07) is 6.51. The molecule has 0 radical (unpaired) electrons. The summed E-state index contributed by atoms with van der Waals surface area (Å²) in [4.78, 5) is 15.7. The van der Waals surface area contributed by atoms with Gasteiger partial charge in [0.15, 0.2) is 0 Å². The highest BCUT2D eigenvalue weighted by Crippen LogP contribution is 2.39. The van der Waals surface area contributed by atoms with E-state index >= 15 is 0 Å². The SMILES string of the molecule is C[C@@H](NC(=O)NN)C1CCC(c2ccnc3ccc(F)cc23)CC1. The average Bonchev–Trinajstić information content (AvgIpc) is 2.61. The summed E-state index contributed by atoms with van der Waals surface area (Å²) in [5.74, 6) is 5.73. The molecule has 1 aliphatic rings. The predicted molar refractivity (Wildman–Crippen MR) is 91.7 cm³/mol. The van der Waals surface area contributed by atoms with Crippen LogP contribution >= 0.6 is 0 Å². The van der Waals surface area contributed by atoms with Gasteiger partial charge in [0, 0.05) is 17.6 Å². The van der Waals surface area contributed by atoms with E-state index in [0.717, 1.165) is 36.6 Å². The number of rotatable bonds is 3. The van der Waals surface area contributed by atoms with Crippen LogP contribution in [0.2, 0.25) is 0 Å². The minimum Gasteiger partial charge on any atom is -0.334 e. The fraction of sp³-hybridized carbons (Fsp3) is 0.444. The number of pyridine rings is 1. The number of carbonyl (C=O) groups excluding carboxylic acids is 1. The number of nitrogens with zero attached hydrogens (tertiary/aromatic N) is 1. The molecule has 1 aliphatic carbocycles. The van der Waals surface area contributed by atoms with E-state index in [1.165, 1.54) is 11.6 Å². The lowest BCUT2D eigenvalue weighted by molar-refractivity contribution is 0.222. The monoisotopic (exact) mass is 330 g/mol. The maximum Gasteiger partial charge on any atom is 0.329 e. The lowest BCUT2D eigenvalue weighted by Gasteiger charge is -2.33. The third-order valence-corrected chi connectivity index (χ3v) is 5.15. The molecule has 128 valence electrons. The Kier molecular flexibility index (Phi) is 4.94. The molecule has 0 aliphatic heterocycles. The number of amides is 2. The fourth-order valence-corrected chi connectivity index (χ4v) is 3.79. The fourth-order valence-electron chi connectivity index (χ4n) is 3.79. The van der Waals surface area contributed by atoms with Crippen LogP contribution in [0.25, 0.3) is 10.9 Å². The van der Waals surface area contributed by atoms with Crippen molar-refractivity contribution in [2.75, 3.05) is 0 Å². The average molecular weight is 330 g/mol. The Labute approximate surface area is 140 Å². The standard InChI is InChI=1S/C18H23FN4O/c1-11(22-18(24)23-20)12-2-4-13(5-3-12)15-8-9-21-17-7-6-14(19)10-16(15)17/h6-13H,2-5,20H2,1H3,(H2,22,23,24)/t11-,12?,13?/m1/s1. The van der Waals surface area contributed by atoms with Crippen molar-refractivity contribution in [3.63, 3.8) is 0 Å². The number of urea groups is 1. The van der Waals surface area contributed by atoms with Crippen LogP contribution < -0.4 is 16.6 Å². The quantitative estimate of drug-likeness (QED) is 0.459. The molecule has 0 unspecified atom stereocenters. The van der Waals surface area contributed by atoms with Gasteiger partial charge in [-0.2, -0.15) is 0 Å². The molecule has 4 N–H and O–H groups in total. The van der Waals surface area contributed by atoms with E-state index in [2.05, 4.69) is 15.7 Å². The normalized spacial score (nSPS) is 22.1. The van der Waals surface area contributed by atoms with E-state index in [0.29, 0.717) is 11.8 Å². The Morgan fingerprint density at radius 1 is 1.29 bits per heavy atom. The molecule has 0 spiro atoms. The highest BCUT2D eigenvalue weighted by atomic mass is 19.1. The second kappa shape index (κ2) is 7.13. The first kappa shape index (κ1) is 16.6. The van der Waals surface area contributed by atoms with Crippen molar-refractivity contribution >= 4 is 16.9 Å². The van der Waals surface area contributed by atoms with Crippen LogP contribution in [0.5, 0.6) is 0 Å². The van der Waals surface area contributed by atoms with Gasteiger partial charge in [-0.05, 0) is 74.3 Å². The lowest BCUT2D eigenvalue weighted by atomic mass is 9.75. The van der Waals surface area contributed by atoms with Crippen LogP contribution in [0, 0.1) is 11.7 Å². The molecule has 1 heterocycles. The number of nitrogens with one attached hydrogen (secondary N) is 2. The first-order chi connectivity index (χ1) is 11.6. The molecule has 1 aromatic carbocycles. The number of aromatic nitrogens is 1. The Bertz CT molecular complexity index is 728. The summed E-state index contributed by atoms with van der Waals surface area (Å²) in [6.07, 6.45) is 5.90. The highest BCUT2D eigenvalue weighted by Gasteiger charge is 2.27. The summed E-state index contributed by atoms with van der Waals surface area (Å²) < 4.78 is 13.6. The van der Waals surface area contributed by atoms with E-state index in [4.69, 9.17) is 5.84 Å². The van der Waals surface area contributed by atoms with Crippen molar-refractivity contribution in [2.24, 2.45) is 11.8 Å². The summed E-state index contributed by atoms with van der Waals surface area (Å²) >= 11 is 0. The number of halogens is 1. The first-order valence-corrected chi connectivity index (χ1v) is 8.39. The number of benzene rings is 1. The summed E-state index contributed by atoms with van der Waals surface area (Å²) in [7, 11) is 0. The molecule has 2 amide bonds. The zero-order valence-corrected chi connectivity index (χ0v) is 13.8. The van der Waals surface area contributed by atoms with Crippen molar-refractivity contribution in [3.05, 3.63) is 41.8 Å². The van der Waals surface area contributed by atoms with Gasteiger partial charge < -0.3 is 5.32 Å². The molecule has 6 heteroatoms. The smallest absolute Gasteiger partial charge is 0.329 e. The van der Waals surface area contributed by atoms with E-state index < -0.39 is 0 Å². The van der Waals surface area contributed by atoms with E-state index in [9.17, 15) is 9.18 Å². The molecular formula is C18H23FN4O. The first-order valence-electron chi connectivity index (χ1n) is 8.39. The molecule has 1 fully saturated rings. The molecule has 3 rings (SSSR count). The zero-order chi connectivity index (χ0) is 17.1. The van der Waals surface area contributed by atoms with Crippen LogP contribution in [-0.2, 0) is 0 Å². The molecule has 1 atom stereocenters. The number of hydrogen-bond donors (Lipinski definition) is 3. The Morgan fingerprint density at radius 2 is 2.04 bits per heavy atom. The maximum absolute atomic E-state index is 13.6. The third kappa shape index (κ3) is 3.48. The molecule has 0 bridgehead atoms. The van der Waals surface area contributed by atoms with Crippen molar-refractivity contribution < 1.29 is 9.18 Å². The molecule has 0 saturated heterocycles. The van der Waals surface area contributed by atoms with Gasteiger partial charge in [0.1, 0.15) is 5.82 Å². The number of nitrogens with two attached hydrogens (primary N) is 1. The second-order valence-corrected chi connectivity index (χ2v) is 6.58. The van der Waals surface area contributed by atoms with E-state index in [1.54, 1.807) is 18.3 Å². The Morgan fingerprint density at radius 3 is 2.75 bits per heavy atom. The topological polar surface area (TPSA) is 80.0 Å². The van der Waals surface area contributed by atoms with Crippen molar-refractivity contribution in [2.45, 2.75) is 44.6 Å². The van der Waals surface area contributed by atoms with Crippen LogP contribution in [-0.4, -0.2) is 17.1 Å². The predicted octanol–water partition coefficient (Wildman–Crippen LogP) is 3.21. The summed E-state index contributed by atoms with van der Waals surface area (Å²) in [5, 5.41) is 3.77. The van der Waals surface area contributed by atoms with Gasteiger partial charge >= 0.3 is 6.03 Å². The van der Waals surface area contributed by atoms with Crippen LogP contribution in [0.15, 0.2) is 30.5 Å². The van der Waals surface area contributed by atoms with Crippen LogP contribution in [0.1, 0.15) is 44.1 Å². The van der Waals surface area contributed by atoms with Gasteiger partial charge in [0.2, 0.25) is 0 Å². The molecule has 2 aromatic rings. The van der Waals surface area contributed by atoms with Crippen LogP contribution in [0.3, 0.4) is 0 Å². The highest BCUT2D eigenvalue weighted by molar-refractivity contribution is 5.82. The number of hydrazine groups is 1. The van der Waals surface area contributed by atoms with Gasteiger partial charge in [-0.1, -0.05) is 0 Å².